The molecule has 0 rings (SSSR count). The lowest BCUT2D eigenvalue weighted by atomic mass is 10.1. The van der Waals surface area contributed by atoms with Crippen molar-refractivity contribution >= 4 is 5.97 Å². The van der Waals surface area contributed by atoms with Gasteiger partial charge in [0.25, 0.3) is 0 Å². The standard InChI is InChI=1S/C11H23NO2/c1-5-6-7-9(12)8-10(13)14-11(2,3)4/h9H,5-8,12H2,1-4H3/t9-/m1/s1. The summed E-state index contributed by atoms with van der Waals surface area (Å²) in [6.07, 6.45) is 3.42. The maximum atomic E-state index is 11.3. The van der Waals surface area contributed by atoms with Crippen LogP contribution in [-0.2, 0) is 9.53 Å². The van der Waals surface area contributed by atoms with Gasteiger partial charge in [-0.25, -0.2) is 0 Å². The predicted octanol–water partition coefficient (Wildman–Crippen LogP) is 2.24. The van der Waals surface area contributed by atoms with Gasteiger partial charge < -0.3 is 10.5 Å². The van der Waals surface area contributed by atoms with E-state index >= 15 is 0 Å². The number of nitrogens with two attached hydrogens (primary N) is 1. The van der Waals surface area contributed by atoms with E-state index < -0.39 is 5.60 Å². The van der Waals surface area contributed by atoms with E-state index in [2.05, 4.69) is 6.92 Å². The molecule has 84 valence electrons. The number of hydrogen-bond donors (Lipinski definition) is 1. The smallest absolute Gasteiger partial charge is 0.307 e. The van der Waals surface area contributed by atoms with E-state index in [0.29, 0.717) is 6.42 Å². The lowest BCUT2D eigenvalue weighted by molar-refractivity contribution is -0.155. The fraction of sp³-hybridized carbons (Fsp3) is 0.909. The summed E-state index contributed by atoms with van der Waals surface area (Å²) in [6.45, 7) is 7.70. The molecule has 2 N–H and O–H groups in total. The fourth-order valence-electron chi connectivity index (χ4n) is 1.17. The maximum Gasteiger partial charge on any atom is 0.307 e. The Labute approximate surface area is 87.0 Å². The van der Waals surface area contributed by atoms with Crippen LogP contribution < -0.4 is 5.73 Å². The van der Waals surface area contributed by atoms with Gasteiger partial charge in [0.2, 0.25) is 0 Å². The van der Waals surface area contributed by atoms with Gasteiger partial charge in [-0.2, -0.15) is 0 Å². The van der Waals surface area contributed by atoms with E-state index in [0.717, 1.165) is 19.3 Å². The number of carbonyl (C=O) groups is 1. The van der Waals surface area contributed by atoms with Crippen LogP contribution in [-0.4, -0.2) is 17.6 Å². The van der Waals surface area contributed by atoms with Crippen molar-refractivity contribution in [3.05, 3.63) is 0 Å². The van der Waals surface area contributed by atoms with Gasteiger partial charge in [0.05, 0.1) is 6.42 Å². The van der Waals surface area contributed by atoms with Crippen LogP contribution >= 0.6 is 0 Å². The van der Waals surface area contributed by atoms with E-state index in [1.165, 1.54) is 0 Å². The Bertz CT molecular complexity index is 173. The molecule has 0 aliphatic carbocycles. The summed E-state index contributed by atoms with van der Waals surface area (Å²) in [5, 5.41) is 0. The molecule has 0 aromatic rings. The van der Waals surface area contributed by atoms with E-state index in [4.69, 9.17) is 10.5 Å². The highest BCUT2D eigenvalue weighted by atomic mass is 16.6. The number of rotatable bonds is 5. The molecule has 14 heavy (non-hydrogen) atoms. The molecule has 0 saturated heterocycles. The second kappa shape index (κ2) is 6.02. The van der Waals surface area contributed by atoms with Gasteiger partial charge in [0, 0.05) is 6.04 Å². The molecule has 0 spiro atoms. The van der Waals surface area contributed by atoms with Gasteiger partial charge in [0.15, 0.2) is 0 Å². The monoisotopic (exact) mass is 201 g/mol. The van der Waals surface area contributed by atoms with Gasteiger partial charge >= 0.3 is 5.97 Å². The number of ether oxygens (including phenoxy) is 1. The summed E-state index contributed by atoms with van der Waals surface area (Å²) in [5.41, 5.74) is 5.38. The van der Waals surface area contributed by atoms with Crippen molar-refractivity contribution in [1.29, 1.82) is 0 Å². The Kier molecular flexibility index (Phi) is 5.77. The van der Waals surface area contributed by atoms with Crippen LogP contribution in [0.25, 0.3) is 0 Å². The lowest BCUT2D eigenvalue weighted by Crippen LogP contribution is -2.30. The molecule has 0 aromatic heterocycles. The summed E-state index contributed by atoms with van der Waals surface area (Å²) < 4.78 is 5.17. The molecule has 0 radical (unpaired) electrons. The van der Waals surface area contributed by atoms with Crippen molar-refractivity contribution in [1.82, 2.24) is 0 Å². The fourth-order valence-corrected chi connectivity index (χ4v) is 1.17. The second-order valence-corrected chi connectivity index (χ2v) is 4.69. The van der Waals surface area contributed by atoms with Gasteiger partial charge in [-0.05, 0) is 27.2 Å². The van der Waals surface area contributed by atoms with Gasteiger partial charge in [0.1, 0.15) is 5.60 Å². The number of unbranched alkanes of at least 4 members (excludes halogenated alkanes) is 1. The summed E-state index contributed by atoms with van der Waals surface area (Å²) in [7, 11) is 0. The topological polar surface area (TPSA) is 52.3 Å². The van der Waals surface area contributed by atoms with Crippen molar-refractivity contribution in [2.24, 2.45) is 5.73 Å². The van der Waals surface area contributed by atoms with Crippen molar-refractivity contribution in [2.75, 3.05) is 0 Å². The number of esters is 1. The minimum atomic E-state index is -0.401. The SMILES string of the molecule is CCCC[C@@H](N)CC(=O)OC(C)(C)C. The van der Waals surface area contributed by atoms with Gasteiger partial charge in [-0.15, -0.1) is 0 Å². The molecule has 0 heterocycles. The van der Waals surface area contributed by atoms with Gasteiger partial charge in [-0.1, -0.05) is 19.8 Å². The van der Waals surface area contributed by atoms with Crippen LogP contribution in [0.3, 0.4) is 0 Å². The molecule has 1 atom stereocenters. The van der Waals surface area contributed by atoms with Crippen LogP contribution in [0.2, 0.25) is 0 Å². The first kappa shape index (κ1) is 13.4. The van der Waals surface area contributed by atoms with Crippen LogP contribution in [0.15, 0.2) is 0 Å². The Balaban J connectivity index is 3.71. The third-order valence-electron chi connectivity index (χ3n) is 1.78. The molecule has 0 amide bonds. The Morgan fingerprint density at radius 1 is 1.43 bits per heavy atom. The maximum absolute atomic E-state index is 11.3. The second-order valence-electron chi connectivity index (χ2n) is 4.69. The van der Waals surface area contributed by atoms with Crippen molar-refractivity contribution in [3.63, 3.8) is 0 Å². The third-order valence-corrected chi connectivity index (χ3v) is 1.78. The minimum absolute atomic E-state index is 0.0511. The first-order valence-corrected chi connectivity index (χ1v) is 5.32. The molecular formula is C11H23NO2. The molecule has 0 saturated carbocycles. The first-order valence-electron chi connectivity index (χ1n) is 5.32. The molecule has 3 nitrogen and oxygen atoms in total. The van der Waals surface area contributed by atoms with Crippen LogP contribution in [0, 0.1) is 0 Å². The third kappa shape index (κ3) is 8.05. The molecule has 0 aromatic carbocycles. The zero-order valence-corrected chi connectivity index (χ0v) is 9.80. The van der Waals surface area contributed by atoms with Crippen molar-refractivity contribution in [2.45, 2.75) is 65.0 Å². The van der Waals surface area contributed by atoms with Crippen LogP contribution in [0.4, 0.5) is 0 Å². The molecule has 0 aliphatic rings. The summed E-state index contributed by atoms with van der Waals surface area (Å²) >= 11 is 0. The zero-order valence-electron chi connectivity index (χ0n) is 9.80. The molecule has 0 fully saturated rings. The molecule has 0 bridgehead atoms. The number of carbonyl (C=O) groups excluding carboxylic acids is 1. The zero-order chi connectivity index (χ0) is 11.2. The van der Waals surface area contributed by atoms with Gasteiger partial charge in [-0.3, -0.25) is 4.79 Å². The first-order chi connectivity index (χ1) is 6.35. The average molecular weight is 201 g/mol. The Morgan fingerprint density at radius 3 is 2.43 bits per heavy atom. The predicted molar refractivity (Wildman–Crippen MR) is 58.0 cm³/mol. The quantitative estimate of drug-likeness (QED) is 0.694. The van der Waals surface area contributed by atoms with E-state index in [-0.39, 0.29) is 12.0 Å². The Morgan fingerprint density at radius 2 is 2.00 bits per heavy atom. The van der Waals surface area contributed by atoms with Crippen LogP contribution in [0.5, 0.6) is 0 Å². The highest BCUT2D eigenvalue weighted by molar-refractivity contribution is 5.70. The van der Waals surface area contributed by atoms with E-state index in [1.54, 1.807) is 0 Å². The molecule has 0 unspecified atom stereocenters. The number of hydrogen-bond acceptors (Lipinski definition) is 3. The summed E-state index contributed by atoms with van der Waals surface area (Å²) in [4.78, 5) is 11.3. The normalized spacial score (nSPS) is 13.8. The Hall–Kier alpha value is -0.570. The average Bonchev–Trinajstić information content (AvgIpc) is 1.96. The van der Waals surface area contributed by atoms with E-state index in [9.17, 15) is 4.79 Å². The summed E-state index contributed by atoms with van der Waals surface area (Å²) in [6, 6.07) is -0.0511. The van der Waals surface area contributed by atoms with E-state index in [1.807, 2.05) is 20.8 Å². The molecular weight excluding hydrogens is 178 g/mol. The largest absolute Gasteiger partial charge is 0.460 e. The molecule has 0 aliphatic heterocycles. The molecule has 3 heteroatoms. The summed E-state index contributed by atoms with van der Waals surface area (Å²) in [5.74, 6) is -0.193. The highest BCUT2D eigenvalue weighted by Gasteiger charge is 2.18. The lowest BCUT2D eigenvalue weighted by Gasteiger charge is -2.20. The van der Waals surface area contributed by atoms with Crippen molar-refractivity contribution in [3.8, 4) is 0 Å². The van der Waals surface area contributed by atoms with Crippen molar-refractivity contribution < 1.29 is 9.53 Å². The van der Waals surface area contributed by atoms with Crippen LogP contribution in [0.1, 0.15) is 53.4 Å². The minimum Gasteiger partial charge on any atom is -0.460 e. The highest BCUT2D eigenvalue weighted by Crippen LogP contribution is 2.10.